The van der Waals surface area contributed by atoms with Crippen molar-refractivity contribution >= 4 is 23.1 Å². The molecular formula is C30H30N2O4. The summed E-state index contributed by atoms with van der Waals surface area (Å²) in [6, 6.07) is 21.1. The number of carbonyl (C=O) groups excluding carboxylic acids is 2. The van der Waals surface area contributed by atoms with Gasteiger partial charge in [-0.3, -0.25) is 14.5 Å². The highest BCUT2D eigenvalue weighted by molar-refractivity contribution is 6.06. The first-order valence-electron chi connectivity index (χ1n) is 12.1. The topological polar surface area (TPSA) is 67.9 Å². The van der Waals surface area contributed by atoms with E-state index in [9.17, 15) is 9.59 Å². The third-order valence-corrected chi connectivity index (χ3v) is 7.10. The number of anilines is 2. The van der Waals surface area contributed by atoms with Crippen LogP contribution in [0.5, 0.6) is 11.5 Å². The molecule has 6 heteroatoms. The molecule has 1 amide bonds. The van der Waals surface area contributed by atoms with Crippen LogP contribution in [0.25, 0.3) is 0 Å². The van der Waals surface area contributed by atoms with Crippen molar-refractivity contribution in [1.29, 1.82) is 0 Å². The Morgan fingerprint density at radius 1 is 0.917 bits per heavy atom. The van der Waals surface area contributed by atoms with Gasteiger partial charge in [0.25, 0.3) is 0 Å². The number of rotatable bonds is 4. The summed E-state index contributed by atoms with van der Waals surface area (Å²) >= 11 is 0. The van der Waals surface area contributed by atoms with E-state index in [4.69, 9.17) is 9.47 Å². The van der Waals surface area contributed by atoms with Crippen molar-refractivity contribution in [2.45, 2.75) is 38.6 Å². The number of ketones is 1. The Morgan fingerprint density at radius 3 is 2.31 bits per heavy atom. The van der Waals surface area contributed by atoms with E-state index in [1.165, 1.54) is 0 Å². The molecule has 0 spiro atoms. The number of fused-ring (bicyclic) bond motifs is 1. The molecule has 5 rings (SSSR count). The zero-order valence-corrected chi connectivity index (χ0v) is 21.0. The molecule has 3 aromatic carbocycles. The largest absolute Gasteiger partial charge is 0.493 e. The number of carbonyl (C=O) groups is 2. The second kappa shape index (κ2) is 9.53. The van der Waals surface area contributed by atoms with Gasteiger partial charge in [0.1, 0.15) is 0 Å². The Morgan fingerprint density at radius 2 is 1.61 bits per heavy atom. The molecule has 0 radical (unpaired) electrons. The van der Waals surface area contributed by atoms with Crippen LogP contribution in [0, 0.1) is 6.92 Å². The number of nitrogens with zero attached hydrogens (tertiary/aromatic N) is 1. The van der Waals surface area contributed by atoms with E-state index >= 15 is 0 Å². The molecule has 1 N–H and O–H groups in total. The van der Waals surface area contributed by atoms with E-state index in [-0.39, 0.29) is 17.6 Å². The zero-order valence-electron chi connectivity index (χ0n) is 21.0. The number of para-hydroxylation sites is 2. The summed E-state index contributed by atoms with van der Waals surface area (Å²) in [5.74, 6) is 1.19. The number of nitrogens with one attached hydrogen (secondary N) is 1. The van der Waals surface area contributed by atoms with Crippen molar-refractivity contribution in [3.05, 3.63) is 94.7 Å². The molecule has 0 aromatic heterocycles. The lowest BCUT2D eigenvalue weighted by Gasteiger charge is -2.34. The second-order valence-electron chi connectivity index (χ2n) is 9.38. The smallest absolute Gasteiger partial charge is 0.224 e. The molecule has 184 valence electrons. The maximum atomic E-state index is 13.9. The summed E-state index contributed by atoms with van der Waals surface area (Å²) in [5, 5.41) is 3.55. The number of Topliss-reactive ketones (excluding diaryl/α,β-unsaturated/α-hetero) is 1. The Hall–Kier alpha value is -4.06. The van der Waals surface area contributed by atoms with Crippen LogP contribution in [0.2, 0.25) is 0 Å². The van der Waals surface area contributed by atoms with E-state index in [0.717, 1.165) is 33.8 Å². The zero-order chi connectivity index (χ0) is 25.4. The number of methoxy groups -OCH3 is 2. The van der Waals surface area contributed by atoms with Crippen LogP contribution >= 0.6 is 0 Å². The lowest BCUT2D eigenvalue weighted by Crippen LogP contribution is -2.37. The van der Waals surface area contributed by atoms with Gasteiger partial charge in [0.05, 0.1) is 31.6 Å². The number of hydrogen-bond donors (Lipinski definition) is 1. The summed E-state index contributed by atoms with van der Waals surface area (Å²) in [7, 11) is 3.22. The highest BCUT2D eigenvalue weighted by Gasteiger charge is 2.40. The van der Waals surface area contributed by atoms with E-state index in [1.54, 1.807) is 26.0 Å². The normalized spacial score (nSPS) is 19.1. The highest BCUT2D eigenvalue weighted by atomic mass is 16.5. The molecule has 2 aliphatic rings. The standard InChI is InChI=1S/C30H30N2O4/c1-18-9-11-20(12-10-18)30-29-24(31-23-7-5-6-8-25(23)32(30)19(2)33)15-22(16-26(29)34)21-13-14-27(35-3)28(17-21)36-4/h5-14,17,22,30-31H,15-16H2,1-4H3/t22-,30+/m0/s1. The minimum atomic E-state index is -0.506. The molecule has 3 aromatic rings. The molecule has 0 saturated carbocycles. The van der Waals surface area contributed by atoms with Gasteiger partial charge in [0.2, 0.25) is 5.91 Å². The molecule has 6 nitrogen and oxygen atoms in total. The first-order chi connectivity index (χ1) is 17.4. The summed E-state index contributed by atoms with van der Waals surface area (Å²) in [6.45, 7) is 3.59. The van der Waals surface area contributed by atoms with Gasteiger partial charge in [-0.05, 0) is 54.7 Å². The third-order valence-electron chi connectivity index (χ3n) is 7.10. The van der Waals surface area contributed by atoms with Crippen molar-refractivity contribution in [2.24, 2.45) is 0 Å². The third kappa shape index (κ3) is 4.13. The van der Waals surface area contributed by atoms with Crippen LogP contribution in [-0.2, 0) is 9.59 Å². The fourth-order valence-electron chi connectivity index (χ4n) is 5.34. The molecular weight excluding hydrogens is 452 g/mol. The average molecular weight is 483 g/mol. The minimum absolute atomic E-state index is 0.0294. The fourth-order valence-corrected chi connectivity index (χ4v) is 5.34. The number of benzene rings is 3. The number of amides is 1. The van der Waals surface area contributed by atoms with E-state index in [1.807, 2.05) is 73.7 Å². The maximum Gasteiger partial charge on any atom is 0.224 e. The van der Waals surface area contributed by atoms with Crippen LogP contribution in [0.15, 0.2) is 78.0 Å². The second-order valence-corrected chi connectivity index (χ2v) is 9.38. The highest BCUT2D eigenvalue weighted by Crippen LogP contribution is 2.48. The Bertz CT molecular complexity index is 1360. The van der Waals surface area contributed by atoms with Gasteiger partial charge < -0.3 is 14.8 Å². The van der Waals surface area contributed by atoms with Crippen LogP contribution in [-0.4, -0.2) is 25.9 Å². The fraction of sp³-hybridized carbons (Fsp3) is 0.267. The number of ether oxygens (including phenoxy) is 2. The number of aryl methyl sites for hydroxylation is 1. The van der Waals surface area contributed by atoms with Gasteiger partial charge in [-0.15, -0.1) is 0 Å². The SMILES string of the molecule is COc1ccc([C@@H]2CC(=O)C3=C(C2)Nc2ccccc2N(C(C)=O)[C@@H]3c2ccc(C)cc2)cc1OC. The van der Waals surface area contributed by atoms with Crippen LogP contribution in [0.3, 0.4) is 0 Å². The van der Waals surface area contributed by atoms with Crippen molar-refractivity contribution in [3.8, 4) is 11.5 Å². The lowest BCUT2D eigenvalue weighted by atomic mass is 9.78. The molecule has 36 heavy (non-hydrogen) atoms. The van der Waals surface area contributed by atoms with Crippen molar-refractivity contribution in [2.75, 3.05) is 24.4 Å². The summed E-state index contributed by atoms with van der Waals surface area (Å²) in [4.78, 5) is 28.8. The Kier molecular flexibility index (Phi) is 6.27. The molecule has 1 heterocycles. The molecule has 0 saturated heterocycles. The number of allylic oxidation sites excluding steroid dienone is 1. The van der Waals surface area contributed by atoms with Gasteiger partial charge in [0, 0.05) is 24.6 Å². The van der Waals surface area contributed by atoms with E-state index in [2.05, 4.69) is 5.32 Å². The molecule has 0 unspecified atom stereocenters. The molecule has 0 fully saturated rings. The monoisotopic (exact) mass is 482 g/mol. The van der Waals surface area contributed by atoms with Gasteiger partial charge in [0.15, 0.2) is 17.3 Å². The first-order valence-corrected chi connectivity index (χ1v) is 12.1. The first kappa shape index (κ1) is 23.7. The van der Waals surface area contributed by atoms with Crippen molar-refractivity contribution in [1.82, 2.24) is 0 Å². The maximum absolute atomic E-state index is 13.9. The van der Waals surface area contributed by atoms with E-state index < -0.39 is 6.04 Å². The van der Waals surface area contributed by atoms with Crippen molar-refractivity contribution in [3.63, 3.8) is 0 Å². The van der Waals surface area contributed by atoms with Gasteiger partial charge in [-0.2, -0.15) is 0 Å². The van der Waals surface area contributed by atoms with Crippen molar-refractivity contribution < 1.29 is 19.1 Å². The average Bonchev–Trinajstić information content (AvgIpc) is 3.03. The Balaban J connectivity index is 1.66. The molecule has 1 aliphatic carbocycles. The minimum Gasteiger partial charge on any atom is -0.493 e. The van der Waals surface area contributed by atoms with Crippen LogP contribution < -0.4 is 19.7 Å². The quantitative estimate of drug-likeness (QED) is 0.499. The predicted octanol–water partition coefficient (Wildman–Crippen LogP) is 5.93. The summed E-state index contributed by atoms with van der Waals surface area (Å²) in [6.07, 6.45) is 0.986. The predicted molar refractivity (Wildman–Crippen MR) is 141 cm³/mol. The van der Waals surface area contributed by atoms with Crippen LogP contribution in [0.1, 0.15) is 48.4 Å². The van der Waals surface area contributed by atoms with Gasteiger partial charge in [-0.1, -0.05) is 48.0 Å². The van der Waals surface area contributed by atoms with Gasteiger partial charge in [-0.25, -0.2) is 0 Å². The van der Waals surface area contributed by atoms with Gasteiger partial charge >= 0.3 is 0 Å². The van der Waals surface area contributed by atoms with E-state index in [0.29, 0.717) is 29.9 Å². The van der Waals surface area contributed by atoms with Crippen LogP contribution in [0.4, 0.5) is 11.4 Å². The summed E-state index contributed by atoms with van der Waals surface area (Å²) < 4.78 is 10.9. The summed E-state index contributed by atoms with van der Waals surface area (Å²) in [5.41, 5.74) is 6.14. The molecule has 1 aliphatic heterocycles. The Labute approximate surface area is 211 Å². The molecule has 2 atom stereocenters. The lowest BCUT2D eigenvalue weighted by molar-refractivity contribution is -0.117. The molecule has 0 bridgehead atoms. The number of hydrogen-bond acceptors (Lipinski definition) is 5.